The number of carbonyl (C=O) groups excluding carboxylic acids is 1. The van der Waals surface area contributed by atoms with E-state index >= 15 is 0 Å². The molecule has 22 heavy (non-hydrogen) atoms. The summed E-state index contributed by atoms with van der Waals surface area (Å²) in [5, 5.41) is 0. The van der Waals surface area contributed by atoms with Crippen molar-refractivity contribution in [3.05, 3.63) is 71.8 Å². The van der Waals surface area contributed by atoms with E-state index in [0.717, 1.165) is 44.5 Å². The fourth-order valence-corrected chi connectivity index (χ4v) is 3.24. The van der Waals surface area contributed by atoms with E-state index in [2.05, 4.69) is 35.2 Å². The van der Waals surface area contributed by atoms with E-state index in [-0.39, 0.29) is 5.92 Å². The van der Waals surface area contributed by atoms with Crippen molar-refractivity contribution >= 4 is 5.78 Å². The minimum atomic E-state index is 0.159. The SMILES string of the molecule is O=C(c1ccccc1)[C@H]1CCCN(CCc2ccccc2)C1. The molecule has 1 fully saturated rings. The predicted molar refractivity (Wildman–Crippen MR) is 90.1 cm³/mol. The second-order valence-electron chi connectivity index (χ2n) is 6.11. The molecule has 0 aromatic heterocycles. The molecule has 1 heterocycles. The first-order valence-electron chi connectivity index (χ1n) is 8.18. The molecule has 0 amide bonds. The fraction of sp³-hybridized carbons (Fsp3) is 0.350. The van der Waals surface area contributed by atoms with Crippen LogP contribution in [0, 0.1) is 5.92 Å². The van der Waals surface area contributed by atoms with Crippen LogP contribution in [0.25, 0.3) is 0 Å². The average Bonchev–Trinajstić information content (AvgIpc) is 2.61. The number of nitrogens with zero attached hydrogens (tertiary/aromatic N) is 1. The second-order valence-corrected chi connectivity index (χ2v) is 6.11. The van der Waals surface area contributed by atoms with E-state index in [9.17, 15) is 4.79 Å². The minimum absolute atomic E-state index is 0.159. The van der Waals surface area contributed by atoms with Crippen LogP contribution in [-0.2, 0) is 6.42 Å². The first kappa shape index (κ1) is 15.0. The van der Waals surface area contributed by atoms with Gasteiger partial charge in [0.2, 0.25) is 0 Å². The van der Waals surface area contributed by atoms with Gasteiger partial charge in [-0.1, -0.05) is 60.7 Å². The number of Topliss-reactive ketones (excluding diaryl/α,β-unsaturated/α-hetero) is 1. The van der Waals surface area contributed by atoms with Gasteiger partial charge in [0.05, 0.1) is 0 Å². The Morgan fingerprint density at radius 2 is 1.68 bits per heavy atom. The lowest BCUT2D eigenvalue weighted by atomic mass is 9.90. The minimum Gasteiger partial charge on any atom is -0.302 e. The molecule has 0 spiro atoms. The van der Waals surface area contributed by atoms with Crippen LogP contribution in [0.1, 0.15) is 28.8 Å². The topological polar surface area (TPSA) is 20.3 Å². The van der Waals surface area contributed by atoms with Crippen LogP contribution >= 0.6 is 0 Å². The molecule has 2 aromatic rings. The van der Waals surface area contributed by atoms with Gasteiger partial charge in [-0.15, -0.1) is 0 Å². The number of carbonyl (C=O) groups is 1. The number of rotatable bonds is 5. The van der Waals surface area contributed by atoms with Gasteiger partial charge in [0.25, 0.3) is 0 Å². The van der Waals surface area contributed by atoms with Crippen LogP contribution in [0.15, 0.2) is 60.7 Å². The molecule has 0 aliphatic carbocycles. The third-order valence-corrected chi connectivity index (χ3v) is 4.49. The molecular weight excluding hydrogens is 270 g/mol. The molecule has 1 saturated heterocycles. The molecule has 114 valence electrons. The summed E-state index contributed by atoms with van der Waals surface area (Å²) in [4.78, 5) is 15.0. The van der Waals surface area contributed by atoms with Crippen LogP contribution < -0.4 is 0 Å². The smallest absolute Gasteiger partial charge is 0.167 e. The van der Waals surface area contributed by atoms with Gasteiger partial charge < -0.3 is 4.90 Å². The average molecular weight is 293 g/mol. The highest BCUT2D eigenvalue weighted by Gasteiger charge is 2.26. The van der Waals surface area contributed by atoms with E-state index in [1.807, 2.05) is 30.3 Å². The fourth-order valence-electron chi connectivity index (χ4n) is 3.24. The Bertz CT molecular complexity index is 594. The zero-order valence-electron chi connectivity index (χ0n) is 12.9. The van der Waals surface area contributed by atoms with Gasteiger partial charge in [-0.05, 0) is 31.4 Å². The summed E-state index contributed by atoms with van der Waals surface area (Å²) in [7, 11) is 0. The first-order valence-corrected chi connectivity index (χ1v) is 8.18. The Morgan fingerprint density at radius 3 is 2.41 bits per heavy atom. The number of benzene rings is 2. The number of hydrogen-bond donors (Lipinski definition) is 0. The maximum absolute atomic E-state index is 12.6. The maximum atomic E-state index is 12.6. The van der Waals surface area contributed by atoms with Gasteiger partial charge in [0.1, 0.15) is 0 Å². The third kappa shape index (κ3) is 3.83. The summed E-state index contributed by atoms with van der Waals surface area (Å²) in [6.07, 6.45) is 3.21. The number of likely N-dealkylation sites (tertiary alicyclic amines) is 1. The number of piperidine rings is 1. The van der Waals surface area contributed by atoms with E-state index in [1.165, 1.54) is 5.56 Å². The van der Waals surface area contributed by atoms with Crippen LogP contribution in [0.5, 0.6) is 0 Å². The summed E-state index contributed by atoms with van der Waals surface area (Å²) < 4.78 is 0. The van der Waals surface area contributed by atoms with E-state index in [4.69, 9.17) is 0 Å². The van der Waals surface area contributed by atoms with Crippen molar-refractivity contribution in [1.29, 1.82) is 0 Å². The quantitative estimate of drug-likeness (QED) is 0.781. The molecule has 3 rings (SSSR count). The summed E-state index contributed by atoms with van der Waals surface area (Å²) in [5.74, 6) is 0.469. The third-order valence-electron chi connectivity index (χ3n) is 4.49. The Morgan fingerprint density at radius 1 is 1.00 bits per heavy atom. The molecule has 2 aromatic carbocycles. The normalized spacial score (nSPS) is 19.0. The standard InChI is InChI=1S/C20H23NO/c22-20(18-10-5-2-6-11-18)19-12-7-14-21(16-19)15-13-17-8-3-1-4-9-17/h1-6,8-11,19H,7,12-16H2/t19-/m0/s1. The van der Waals surface area contributed by atoms with Crippen molar-refractivity contribution in [3.63, 3.8) is 0 Å². The van der Waals surface area contributed by atoms with E-state index < -0.39 is 0 Å². The molecule has 0 unspecified atom stereocenters. The second kappa shape index (κ2) is 7.37. The largest absolute Gasteiger partial charge is 0.302 e. The van der Waals surface area contributed by atoms with Crippen molar-refractivity contribution in [3.8, 4) is 0 Å². The molecule has 0 saturated carbocycles. The number of hydrogen-bond acceptors (Lipinski definition) is 2. The monoisotopic (exact) mass is 293 g/mol. The van der Waals surface area contributed by atoms with Crippen molar-refractivity contribution in [1.82, 2.24) is 4.90 Å². The molecule has 0 radical (unpaired) electrons. The Kier molecular flexibility index (Phi) is 5.02. The van der Waals surface area contributed by atoms with Gasteiger partial charge in [-0.25, -0.2) is 0 Å². The Hall–Kier alpha value is -1.93. The lowest BCUT2D eigenvalue weighted by Gasteiger charge is -2.32. The summed E-state index contributed by atoms with van der Waals surface area (Å²) in [6, 6.07) is 20.3. The Balaban J connectivity index is 1.56. The molecule has 1 aliphatic rings. The molecule has 1 aliphatic heterocycles. The lowest BCUT2D eigenvalue weighted by molar-refractivity contribution is 0.0821. The molecule has 0 N–H and O–H groups in total. The zero-order valence-corrected chi connectivity index (χ0v) is 12.9. The van der Waals surface area contributed by atoms with E-state index in [0.29, 0.717) is 5.78 Å². The van der Waals surface area contributed by atoms with Gasteiger partial charge >= 0.3 is 0 Å². The van der Waals surface area contributed by atoms with E-state index in [1.54, 1.807) is 0 Å². The highest BCUT2D eigenvalue weighted by atomic mass is 16.1. The molecule has 0 bridgehead atoms. The summed E-state index contributed by atoms with van der Waals surface area (Å²) in [5.41, 5.74) is 2.23. The van der Waals surface area contributed by atoms with Crippen molar-refractivity contribution in [2.45, 2.75) is 19.3 Å². The van der Waals surface area contributed by atoms with Gasteiger partial charge in [0, 0.05) is 24.6 Å². The summed E-state index contributed by atoms with van der Waals surface area (Å²) in [6.45, 7) is 3.06. The highest BCUT2D eigenvalue weighted by Crippen LogP contribution is 2.21. The molecular formula is C20H23NO. The molecule has 2 nitrogen and oxygen atoms in total. The first-order chi connectivity index (χ1) is 10.8. The zero-order chi connectivity index (χ0) is 15.2. The Labute approximate surface area is 132 Å². The molecule has 1 atom stereocenters. The van der Waals surface area contributed by atoms with Gasteiger partial charge in [-0.2, -0.15) is 0 Å². The van der Waals surface area contributed by atoms with Crippen LogP contribution in [-0.4, -0.2) is 30.3 Å². The van der Waals surface area contributed by atoms with Gasteiger partial charge in [0.15, 0.2) is 5.78 Å². The number of ketones is 1. The van der Waals surface area contributed by atoms with Crippen LogP contribution in [0.4, 0.5) is 0 Å². The van der Waals surface area contributed by atoms with Crippen LogP contribution in [0.2, 0.25) is 0 Å². The summed E-state index contributed by atoms with van der Waals surface area (Å²) >= 11 is 0. The van der Waals surface area contributed by atoms with Crippen LogP contribution in [0.3, 0.4) is 0 Å². The maximum Gasteiger partial charge on any atom is 0.167 e. The molecule has 2 heteroatoms. The van der Waals surface area contributed by atoms with Gasteiger partial charge in [-0.3, -0.25) is 4.79 Å². The lowest BCUT2D eigenvalue weighted by Crippen LogP contribution is -2.39. The van der Waals surface area contributed by atoms with Crippen molar-refractivity contribution < 1.29 is 4.79 Å². The van der Waals surface area contributed by atoms with Crippen molar-refractivity contribution in [2.75, 3.05) is 19.6 Å². The predicted octanol–water partition coefficient (Wildman–Crippen LogP) is 3.82. The van der Waals surface area contributed by atoms with Crippen molar-refractivity contribution in [2.24, 2.45) is 5.92 Å². The highest BCUT2D eigenvalue weighted by molar-refractivity contribution is 5.98.